The van der Waals surface area contributed by atoms with E-state index < -0.39 is 5.97 Å². The molecule has 2 aromatic carbocycles. The third-order valence-electron chi connectivity index (χ3n) is 5.43. The predicted molar refractivity (Wildman–Crippen MR) is 174 cm³/mol. The zero-order valence-electron chi connectivity index (χ0n) is 23.8. The number of halogens is 2. The van der Waals surface area contributed by atoms with Crippen molar-refractivity contribution in [2.24, 2.45) is 0 Å². The van der Waals surface area contributed by atoms with E-state index in [4.69, 9.17) is 49.9 Å². The van der Waals surface area contributed by atoms with E-state index in [2.05, 4.69) is 38.8 Å². The normalized spacial score (nSPS) is 9.88. The molecule has 2 aromatic rings. The maximum absolute atomic E-state index is 9.87. The van der Waals surface area contributed by atoms with E-state index in [0.29, 0.717) is 40.9 Å². The number of hydrogen-bond donors (Lipinski definition) is 11. The number of benzene rings is 2. The number of carbonyl (C=O) groups is 1. The van der Waals surface area contributed by atoms with Gasteiger partial charge in [-0.1, -0.05) is 55.8 Å². The van der Waals surface area contributed by atoms with Crippen LogP contribution < -0.4 is 31.9 Å². The number of unbranched alkanes of at least 4 members (excludes halogenated alkanes) is 5. The molecule has 0 atom stereocenters. The lowest BCUT2D eigenvalue weighted by Gasteiger charge is -2.13. The Morgan fingerprint density at radius 3 is 1.40 bits per heavy atom. The Morgan fingerprint density at radius 2 is 1.05 bits per heavy atom. The Kier molecular flexibility index (Phi) is 18.6. The second-order valence-corrected chi connectivity index (χ2v) is 10.0. The molecule has 0 aliphatic rings. The number of carboxylic acid groups (broad SMARTS) is 1. The summed E-state index contributed by atoms with van der Waals surface area (Å²) in [7, 11) is 0. The second-order valence-electron chi connectivity index (χ2n) is 9.13. The first-order valence-corrected chi connectivity index (χ1v) is 14.5. The van der Waals surface area contributed by atoms with Crippen LogP contribution in [0.25, 0.3) is 0 Å². The maximum Gasteiger partial charge on any atom is 0.303 e. The molecule has 0 unspecified atom stereocenters. The highest BCUT2D eigenvalue weighted by molar-refractivity contribution is 6.31. The lowest BCUT2D eigenvalue weighted by Crippen LogP contribution is -2.43. The van der Waals surface area contributed by atoms with Gasteiger partial charge in [-0.15, -0.1) is 0 Å². The van der Waals surface area contributed by atoms with Crippen LogP contribution in [0.15, 0.2) is 48.5 Å². The second kappa shape index (κ2) is 21.7. The maximum atomic E-state index is 9.87. The third kappa shape index (κ3) is 19.1. The van der Waals surface area contributed by atoms with Gasteiger partial charge < -0.3 is 26.4 Å². The lowest BCUT2D eigenvalue weighted by molar-refractivity contribution is -0.137. The van der Waals surface area contributed by atoms with Gasteiger partial charge in [-0.05, 0) is 67.8 Å². The molecule has 42 heavy (non-hydrogen) atoms. The molecule has 0 aliphatic carbocycles. The van der Waals surface area contributed by atoms with Gasteiger partial charge in [-0.25, -0.2) is 0 Å². The third-order valence-corrected chi connectivity index (χ3v) is 5.93. The van der Waals surface area contributed by atoms with Crippen molar-refractivity contribution in [3.05, 3.63) is 58.6 Å². The van der Waals surface area contributed by atoms with Gasteiger partial charge in [0.15, 0.2) is 23.8 Å². The van der Waals surface area contributed by atoms with Crippen LogP contribution in [0.3, 0.4) is 0 Å². The summed E-state index contributed by atoms with van der Waals surface area (Å²) in [6.07, 6.45) is 6.98. The van der Waals surface area contributed by atoms with Crippen molar-refractivity contribution in [2.45, 2.75) is 58.3 Å². The van der Waals surface area contributed by atoms with Gasteiger partial charge in [0.25, 0.3) is 0 Å². The summed E-state index contributed by atoms with van der Waals surface area (Å²) in [5.41, 5.74) is 1.42. The Balaban J connectivity index is 0.000000962. The monoisotopic (exact) mass is 620 g/mol. The van der Waals surface area contributed by atoms with Crippen LogP contribution in [-0.2, 0) is 4.79 Å². The van der Waals surface area contributed by atoms with Gasteiger partial charge in [0.1, 0.15) is 0 Å². The molecule has 14 heteroatoms. The van der Waals surface area contributed by atoms with Crippen molar-refractivity contribution in [3.63, 3.8) is 0 Å². The lowest BCUT2D eigenvalue weighted by atomic mass is 10.2. The Labute approximate surface area is 257 Å². The minimum absolute atomic E-state index is 0.00148. The largest absolute Gasteiger partial charge is 0.481 e. The first-order valence-electron chi connectivity index (χ1n) is 13.7. The van der Waals surface area contributed by atoms with E-state index in [1.165, 1.54) is 0 Å². The number of anilines is 2. The fourth-order valence-corrected chi connectivity index (χ4v) is 3.56. The zero-order chi connectivity index (χ0) is 31.2. The van der Waals surface area contributed by atoms with Gasteiger partial charge in [0.2, 0.25) is 0 Å². The molecule has 0 spiro atoms. The van der Waals surface area contributed by atoms with E-state index in [9.17, 15) is 4.79 Å². The van der Waals surface area contributed by atoms with E-state index in [0.717, 1.165) is 44.9 Å². The summed E-state index contributed by atoms with van der Waals surface area (Å²) in [4.78, 5) is 9.87. The highest BCUT2D eigenvalue weighted by atomic mass is 35.5. The summed E-state index contributed by atoms with van der Waals surface area (Å²) >= 11 is 11.7. The minimum atomic E-state index is -0.682. The molecular formula is C28H42Cl2N10O2. The van der Waals surface area contributed by atoms with Gasteiger partial charge >= 0.3 is 5.97 Å². The number of nitrogens with one attached hydrogen (secondary N) is 10. The highest BCUT2D eigenvalue weighted by Gasteiger charge is 2.03. The van der Waals surface area contributed by atoms with Crippen LogP contribution in [-0.4, -0.2) is 48.0 Å². The molecule has 0 saturated heterocycles. The highest BCUT2D eigenvalue weighted by Crippen LogP contribution is 2.13. The standard InChI is InChI=1S/C22H30Cl2N10.C6H12O2/c23-15-5-9-17(10-6-15)31-21(27)33-19(25)29-13-3-1-2-4-14-30-20(26)34-22(28)32-18-11-7-16(24)8-12-18;1-2-3-4-5-6(7)8/h5-12H,1-4,13-14H2,(H5,25,27,29,31,33)(H5,26,28,30,32,34);2-5H2,1H3,(H,7,8). The number of carboxylic acids is 1. The van der Waals surface area contributed by atoms with Gasteiger partial charge in [0.05, 0.1) is 0 Å². The van der Waals surface area contributed by atoms with E-state index in [1.807, 2.05) is 0 Å². The average molecular weight is 622 g/mol. The molecule has 11 N–H and O–H groups in total. The van der Waals surface area contributed by atoms with Crippen molar-refractivity contribution in [3.8, 4) is 0 Å². The molecule has 230 valence electrons. The molecule has 0 saturated carbocycles. The Morgan fingerprint density at radius 1 is 0.643 bits per heavy atom. The Hall–Kier alpha value is -4.03. The molecule has 0 heterocycles. The molecular weight excluding hydrogens is 579 g/mol. The van der Waals surface area contributed by atoms with Crippen LogP contribution >= 0.6 is 23.2 Å². The van der Waals surface area contributed by atoms with Crippen LogP contribution in [0.1, 0.15) is 58.3 Å². The van der Waals surface area contributed by atoms with Crippen molar-refractivity contribution in [1.29, 1.82) is 21.6 Å². The number of rotatable bonds is 13. The first-order chi connectivity index (χ1) is 20.1. The summed E-state index contributed by atoms with van der Waals surface area (Å²) in [5.74, 6) is -0.570. The summed E-state index contributed by atoms with van der Waals surface area (Å²) in [6, 6.07) is 13.9. The summed E-state index contributed by atoms with van der Waals surface area (Å²) in [5, 5.41) is 57.6. The van der Waals surface area contributed by atoms with Crippen molar-refractivity contribution < 1.29 is 9.90 Å². The molecule has 0 aromatic heterocycles. The molecule has 0 aliphatic heterocycles. The molecule has 0 amide bonds. The topological polar surface area (TPSA) is 205 Å². The van der Waals surface area contributed by atoms with Gasteiger partial charge in [0, 0.05) is 40.9 Å². The summed E-state index contributed by atoms with van der Waals surface area (Å²) in [6.45, 7) is 3.30. The number of hydrogen-bond acceptors (Lipinski definition) is 5. The molecule has 0 radical (unpaired) electrons. The van der Waals surface area contributed by atoms with Crippen molar-refractivity contribution in [2.75, 3.05) is 23.7 Å². The fraction of sp³-hybridized carbons (Fsp3) is 0.393. The van der Waals surface area contributed by atoms with Crippen LogP contribution in [0, 0.1) is 21.6 Å². The number of aliphatic carboxylic acids is 1. The molecule has 12 nitrogen and oxygen atoms in total. The molecule has 0 bridgehead atoms. The quantitative estimate of drug-likeness (QED) is 0.0744. The van der Waals surface area contributed by atoms with Crippen LogP contribution in [0.5, 0.6) is 0 Å². The van der Waals surface area contributed by atoms with E-state index in [-0.39, 0.29) is 23.8 Å². The fourth-order valence-electron chi connectivity index (χ4n) is 3.31. The Bertz CT molecular complexity index is 1050. The van der Waals surface area contributed by atoms with Crippen molar-refractivity contribution in [1.82, 2.24) is 21.3 Å². The molecule has 0 fully saturated rings. The first kappa shape index (κ1) is 36.0. The average Bonchev–Trinajstić information content (AvgIpc) is 2.93. The minimum Gasteiger partial charge on any atom is -0.481 e. The van der Waals surface area contributed by atoms with E-state index in [1.54, 1.807) is 48.5 Å². The van der Waals surface area contributed by atoms with Crippen LogP contribution in [0.4, 0.5) is 11.4 Å². The van der Waals surface area contributed by atoms with Gasteiger partial charge in [-0.2, -0.15) is 0 Å². The smallest absolute Gasteiger partial charge is 0.303 e. The predicted octanol–water partition coefficient (Wildman–Crippen LogP) is 5.83. The van der Waals surface area contributed by atoms with E-state index >= 15 is 0 Å². The molecule has 2 rings (SSSR count). The van der Waals surface area contributed by atoms with Crippen LogP contribution in [0.2, 0.25) is 10.0 Å². The van der Waals surface area contributed by atoms with Gasteiger partial charge in [-0.3, -0.25) is 37.1 Å². The SMILES string of the molecule is CCCCCC(=O)O.N=C(NCCCCCCNC(=N)NC(=N)Nc1ccc(Cl)cc1)NC(=N)Nc1ccc(Cl)cc1. The summed E-state index contributed by atoms with van der Waals surface area (Å²) < 4.78 is 0. The zero-order valence-corrected chi connectivity index (χ0v) is 25.3. The van der Waals surface area contributed by atoms with Crippen molar-refractivity contribution >= 4 is 64.4 Å². The number of guanidine groups is 4.